The highest BCUT2D eigenvalue weighted by atomic mass is 16.2. The van der Waals surface area contributed by atoms with Gasteiger partial charge in [-0.1, -0.05) is 12.1 Å². The van der Waals surface area contributed by atoms with E-state index >= 15 is 0 Å². The van der Waals surface area contributed by atoms with Gasteiger partial charge in [0.25, 0.3) is 5.56 Å². The van der Waals surface area contributed by atoms with Gasteiger partial charge in [-0.05, 0) is 42.2 Å². The molecule has 3 aromatic heterocycles. The molecule has 1 saturated heterocycles. The molecule has 0 saturated carbocycles. The number of carbonyl (C=O) groups excluding carboxylic acids is 1. The summed E-state index contributed by atoms with van der Waals surface area (Å²) in [5, 5.41) is 0.322. The standard InChI is InChI=1S/C25H23N7O3/c26-21(33)13-31-7-5-17(6-8-31)32-23-18(24(34)30-25(32)35)12-28-20-4-3-19(29-22(20)23)14-1-2-15-10-27-11-16(15)9-14/h1-4,9,11-12,17H,5-8,10,13H2,(H2,26,33)(H,30,34,35). The predicted octanol–water partition coefficient (Wildman–Crippen LogP) is 1.35. The van der Waals surface area contributed by atoms with Gasteiger partial charge in [-0.3, -0.25) is 34.0 Å². The number of piperidine rings is 1. The summed E-state index contributed by atoms with van der Waals surface area (Å²) in [6.45, 7) is 2.12. The van der Waals surface area contributed by atoms with Gasteiger partial charge < -0.3 is 5.73 Å². The maximum Gasteiger partial charge on any atom is 0.329 e. The fraction of sp³-hybridized carbons (Fsp3) is 0.280. The molecular formula is C25H23N7O3. The number of pyridine rings is 2. The van der Waals surface area contributed by atoms with E-state index in [9.17, 15) is 14.4 Å². The fourth-order valence-corrected chi connectivity index (χ4v) is 5.12. The van der Waals surface area contributed by atoms with Crippen LogP contribution in [-0.2, 0) is 11.3 Å². The molecule has 2 aliphatic heterocycles. The number of nitrogens with one attached hydrogen (secondary N) is 1. The van der Waals surface area contributed by atoms with E-state index in [0.29, 0.717) is 54.4 Å². The number of hydrogen-bond acceptors (Lipinski definition) is 7. The van der Waals surface area contributed by atoms with E-state index in [1.807, 2.05) is 41.4 Å². The normalized spacial score (nSPS) is 16.2. The molecule has 5 heterocycles. The number of aromatic nitrogens is 4. The van der Waals surface area contributed by atoms with Crippen molar-refractivity contribution in [1.29, 1.82) is 0 Å². The summed E-state index contributed by atoms with van der Waals surface area (Å²) >= 11 is 0. The number of nitrogens with zero attached hydrogens (tertiary/aromatic N) is 5. The molecule has 0 bridgehead atoms. The number of rotatable bonds is 4. The Morgan fingerprint density at radius 2 is 1.97 bits per heavy atom. The number of fused-ring (bicyclic) bond motifs is 4. The van der Waals surface area contributed by atoms with Gasteiger partial charge in [-0.2, -0.15) is 0 Å². The van der Waals surface area contributed by atoms with E-state index in [0.717, 1.165) is 16.8 Å². The van der Waals surface area contributed by atoms with Crippen molar-refractivity contribution in [3.63, 3.8) is 0 Å². The third kappa shape index (κ3) is 3.71. The maximum atomic E-state index is 13.1. The van der Waals surface area contributed by atoms with Gasteiger partial charge in [0.15, 0.2) is 0 Å². The molecule has 6 rings (SSSR count). The highest BCUT2D eigenvalue weighted by Gasteiger charge is 2.25. The molecule has 0 radical (unpaired) electrons. The van der Waals surface area contributed by atoms with Crippen LogP contribution in [0.1, 0.15) is 30.0 Å². The highest BCUT2D eigenvalue weighted by molar-refractivity contribution is 6.01. The third-order valence-corrected chi connectivity index (χ3v) is 6.85. The number of likely N-dealkylation sites (tertiary alicyclic amines) is 1. The van der Waals surface area contributed by atoms with E-state index in [2.05, 4.69) is 15.0 Å². The second-order valence-electron chi connectivity index (χ2n) is 9.07. The van der Waals surface area contributed by atoms with E-state index in [1.54, 1.807) is 4.57 Å². The van der Waals surface area contributed by atoms with Gasteiger partial charge in [0.1, 0.15) is 5.52 Å². The van der Waals surface area contributed by atoms with E-state index in [4.69, 9.17) is 10.7 Å². The Hall–Kier alpha value is -4.18. The molecule has 10 nitrogen and oxygen atoms in total. The zero-order valence-electron chi connectivity index (χ0n) is 18.9. The SMILES string of the molecule is NC(=O)CN1CCC(n2c(=O)[nH]c(=O)c3cnc4ccc(-c5ccc6c(c5)C=NC6)nc4c32)CC1. The Morgan fingerprint density at radius 3 is 2.77 bits per heavy atom. The van der Waals surface area contributed by atoms with E-state index in [-0.39, 0.29) is 18.5 Å². The summed E-state index contributed by atoms with van der Waals surface area (Å²) < 4.78 is 1.65. The van der Waals surface area contributed by atoms with Gasteiger partial charge in [-0.25, -0.2) is 9.78 Å². The monoisotopic (exact) mass is 469 g/mol. The number of benzene rings is 1. The summed E-state index contributed by atoms with van der Waals surface area (Å²) in [6.07, 6.45) is 4.64. The zero-order valence-corrected chi connectivity index (χ0v) is 18.9. The molecule has 1 fully saturated rings. The molecule has 0 atom stereocenters. The summed E-state index contributed by atoms with van der Waals surface area (Å²) in [5.41, 5.74) is 9.88. The van der Waals surface area contributed by atoms with Crippen LogP contribution in [0.4, 0.5) is 0 Å². The lowest BCUT2D eigenvalue weighted by atomic mass is 10.0. The number of carbonyl (C=O) groups is 1. The molecular weight excluding hydrogens is 446 g/mol. The van der Waals surface area contributed by atoms with Crippen LogP contribution in [0.15, 0.2) is 51.1 Å². The molecule has 0 unspecified atom stereocenters. The molecule has 35 heavy (non-hydrogen) atoms. The first-order valence-corrected chi connectivity index (χ1v) is 11.6. The number of hydrogen-bond donors (Lipinski definition) is 2. The van der Waals surface area contributed by atoms with Gasteiger partial charge in [0.2, 0.25) is 5.91 Å². The van der Waals surface area contributed by atoms with Crippen LogP contribution < -0.4 is 17.0 Å². The summed E-state index contributed by atoms with van der Waals surface area (Å²) in [5.74, 6) is -0.373. The van der Waals surface area contributed by atoms with Crippen molar-refractivity contribution >= 4 is 34.1 Å². The second-order valence-corrected chi connectivity index (χ2v) is 9.07. The van der Waals surface area contributed by atoms with Gasteiger partial charge in [0, 0.05) is 37.1 Å². The molecule has 10 heteroatoms. The molecule has 0 spiro atoms. The summed E-state index contributed by atoms with van der Waals surface area (Å²) in [7, 11) is 0. The van der Waals surface area contributed by atoms with Crippen LogP contribution in [0.2, 0.25) is 0 Å². The zero-order chi connectivity index (χ0) is 24.1. The van der Waals surface area contributed by atoms with Gasteiger partial charge >= 0.3 is 5.69 Å². The van der Waals surface area contributed by atoms with Crippen LogP contribution in [0.25, 0.3) is 33.2 Å². The maximum absolute atomic E-state index is 13.1. The number of amides is 1. The van der Waals surface area contributed by atoms with Crippen molar-refractivity contribution in [3.05, 3.63) is 68.5 Å². The van der Waals surface area contributed by atoms with Crippen molar-refractivity contribution < 1.29 is 4.79 Å². The minimum absolute atomic E-state index is 0.154. The lowest BCUT2D eigenvalue weighted by molar-refractivity contribution is -0.119. The van der Waals surface area contributed by atoms with Gasteiger partial charge in [-0.15, -0.1) is 0 Å². The first-order valence-electron chi connectivity index (χ1n) is 11.6. The lowest BCUT2D eigenvalue weighted by Crippen LogP contribution is -2.42. The van der Waals surface area contributed by atoms with Crippen LogP contribution >= 0.6 is 0 Å². The fourth-order valence-electron chi connectivity index (χ4n) is 5.12. The van der Waals surface area contributed by atoms with Crippen molar-refractivity contribution in [2.24, 2.45) is 10.7 Å². The average molecular weight is 470 g/mol. The quantitative estimate of drug-likeness (QED) is 0.433. The van der Waals surface area contributed by atoms with Crippen LogP contribution in [0.3, 0.4) is 0 Å². The number of primary amides is 1. The average Bonchev–Trinajstić information content (AvgIpc) is 3.32. The molecule has 176 valence electrons. The number of aliphatic imine (C=N–C) groups is 1. The molecule has 4 aromatic rings. The third-order valence-electron chi connectivity index (χ3n) is 6.85. The Bertz CT molecular complexity index is 1650. The van der Waals surface area contributed by atoms with Crippen LogP contribution in [0.5, 0.6) is 0 Å². The van der Waals surface area contributed by atoms with Crippen LogP contribution in [-0.4, -0.2) is 56.2 Å². The van der Waals surface area contributed by atoms with Crippen molar-refractivity contribution in [1.82, 2.24) is 24.4 Å². The Morgan fingerprint density at radius 1 is 1.14 bits per heavy atom. The molecule has 2 aliphatic rings. The number of H-pyrrole nitrogens is 1. The second kappa shape index (κ2) is 8.24. The Labute approximate surface area is 199 Å². The van der Waals surface area contributed by atoms with Crippen molar-refractivity contribution in [2.75, 3.05) is 19.6 Å². The van der Waals surface area contributed by atoms with Crippen LogP contribution in [0, 0.1) is 0 Å². The van der Waals surface area contributed by atoms with Gasteiger partial charge in [0.05, 0.1) is 35.2 Å². The smallest absolute Gasteiger partial charge is 0.329 e. The van der Waals surface area contributed by atoms with Crippen molar-refractivity contribution in [2.45, 2.75) is 25.4 Å². The lowest BCUT2D eigenvalue weighted by Gasteiger charge is -2.32. The number of nitrogens with two attached hydrogens (primary N) is 1. The topological polar surface area (TPSA) is 139 Å². The van der Waals surface area contributed by atoms with Crippen molar-refractivity contribution in [3.8, 4) is 11.3 Å². The largest absolute Gasteiger partial charge is 0.369 e. The molecule has 1 amide bonds. The first-order chi connectivity index (χ1) is 17.0. The molecule has 1 aromatic carbocycles. The minimum Gasteiger partial charge on any atom is -0.369 e. The molecule has 3 N–H and O–H groups in total. The Balaban J connectivity index is 1.51. The summed E-state index contributed by atoms with van der Waals surface area (Å²) in [4.78, 5) is 55.2. The highest BCUT2D eigenvalue weighted by Crippen LogP contribution is 2.29. The number of aromatic amines is 1. The predicted molar refractivity (Wildman–Crippen MR) is 133 cm³/mol. The minimum atomic E-state index is -0.484. The van der Waals surface area contributed by atoms with E-state index < -0.39 is 11.2 Å². The molecule has 0 aliphatic carbocycles. The summed E-state index contributed by atoms with van der Waals surface area (Å²) in [6, 6.07) is 9.71. The Kier molecular flexibility index (Phi) is 5.03. The first kappa shape index (κ1) is 21.4. The van der Waals surface area contributed by atoms with E-state index in [1.165, 1.54) is 11.8 Å².